The van der Waals surface area contributed by atoms with E-state index >= 15 is 0 Å². The zero-order valence-corrected chi connectivity index (χ0v) is 11.7. The van der Waals surface area contributed by atoms with Gasteiger partial charge in [0, 0.05) is 24.7 Å². The summed E-state index contributed by atoms with van der Waals surface area (Å²) in [5.74, 6) is 0.0414. The zero-order chi connectivity index (χ0) is 15.7. The number of carbonyl (C=O) groups is 1. The van der Waals surface area contributed by atoms with Crippen molar-refractivity contribution in [1.29, 1.82) is 0 Å². The van der Waals surface area contributed by atoms with E-state index in [9.17, 15) is 25.0 Å². The summed E-state index contributed by atoms with van der Waals surface area (Å²) in [6.07, 6.45) is 0.850. The second kappa shape index (κ2) is 5.47. The lowest BCUT2D eigenvalue weighted by molar-refractivity contribution is -0.394. The number of nitrogens with zero attached hydrogens (tertiary/aromatic N) is 3. The molecule has 8 nitrogen and oxygen atoms in total. The lowest BCUT2D eigenvalue weighted by atomic mass is 10.1. The molecule has 2 rings (SSSR count). The van der Waals surface area contributed by atoms with Crippen molar-refractivity contribution >= 4 is 17.3 Å². The number of hydrogen-bond donors (Lipinski definition) is 0. The van der Waals surface area contributed by atoms with Crippen LogP contribution in [0.15, 0.2) is 18.2 Å². The van der Waals surface area contributed by atoms with Crippen LogP contribution in [0.5, 0.6) is 0 Å². The number of carbonyl (C=O) groups excluding carboxylic acids is 1. The smallest absolute Gasteiger partial charge is 0.277 e. The number of benzene rings is 1. The van der Waals surface area contributed by atoms with Crippen LogP contribution >= 0.6 is 0 Å². The highest BCUT2D eigenvalue weighted by atomic mass is 16.6. The molecular formula is C13H15N3O5. The van der Waals surface area contributed by atoms with Gasteiger partial charge in [-0.1, -0.05) is 13.8 Å². The number of hydrogen-bond acceptors (Lipinski definition) is 5. The molecule has 8 heteroatoms. The zero-order valence-electron chi connectivity index (χ0n) is 11.7. The van der Waals surface area contributed by atoms with Crippen molar-refractivity contribution in [1.82, 2.24) is 4.90 Å². The van der Waals surface area contributed by atoms with Gasteiger partial charge < -0.3 is 4.90 Å². The molecule has 1 aliphatic heterocycles. The first-order valence-electron chi connectivity index (χ1n) is 6.54. The minimum atomic E-state index is -0.738. The van der Waals surface area contributed by atoms with Crippen LogP contribution in [0.4, 0.5) is 11.4 Å². The molecule has 1 amide bonds. The third-order valence-corrected chi connectivity index (χ3v) is 3.29. The molecule has 1 heterocycles. The Balaban J connectivity index is 2.25. The Labute approximate surface area is 120 Å². The van der Waals surface area contributed by atoms with Gasteiger partial charge in [-0.05, 0) is 12.3 Å². The number of nitro benzene ring substituents is 2. The fourth-order valence-corrected chi connectivity index (χ4v) is 2.27. The van der Waals surface area contributed by atoms with Crippen molar-refractivity contribution in [3.63, 3.8) is 0 Å². The summed E-state index contributed by atoms with van der Waals surface area (Å²) in [7, 11) is 0. The maximum Gasteiger partial charge on any atom is 0.277 e. The van der Waals surface area contributed by atoms with E-state index in [1.165, 1.54) is 0 Å². The van der Waals surface area contributed by atoms with Crippen LogP contribution < -0.4 is 0 Å². The van der Waals surface area contributed by atoms with E-state index in [1.54, 1.807) is 4.90 Å². The van der Waals surface area contributed by atoms with Crippen molar-refractivity contribution in [3.05, 3.63) is 44.0 Å². The van der Waals surface area contributed by atoms with Crippen LogP contribution in [0.1, 0.15) is 30.6 Å². The Morgan fingerprint density at radius 1 is 1.24 bits per heavy atom. The average molecular weight is 293 g/mol. The van der Waals surface area contributed by atoms with Gasteiger partial charge in [0.1, 0.15) is 0 Å². The predicted octanol–water partition coefficient (Wildman–Crippen LogP) is 2.37. The van der Waals surface area contributed by atoms with Gasteiger partial charge in [0.05, 0.1) is 21.5 Å². The maximum atomic E-state index is 12.2. The van der Waals surface area contributed by atoms with Crippen LogP contribution in [-0.2, 0) is 0 Å². The molecule has 0 N–H and O–H groups in total. The predicted molar refractivity (Wildman–Crippen MR) is 74.0 cm³/mol. The number of rotatable bonds is 5. The summed E-state index contributed by atoms with van der Waals surface area (Å²) in [6.45, 7) is 4.67. The molecule has 0 aliphatic carbocycles. The summed E-state index contributed by atoms with van der Waals surface area (Å²) in [5.41, 5.74) is -0.910. The summed E-state index contributed by atoms with van der Waals surface area (Å²) in [5, 5.41) is 21.6. The molecule has 0 bridgehead atoms. The third-order valence-electron chi connectivity index (χ3n) is 3.29. The number of non-ortho nitro benzene ring substituents is 2. The Morgan fingerprint density at radius 2 is 1.76 bits per heavy atom. The topological polar surface area (TPSA) is 106 Å². The van der Waals surface area contributed by atoms with E-state index in [-0.39, 0.29) is 11.6 Å². The molecule has 1 saturated heterocycles. The van der Waals surface area contributed by atoms with Crippen LogP contribution in [0.3, 0.4) is 0 Å². The molecule has 0 unspecified atom stereocenters. The molecule has 1 aromatic carbocycles. The Morgan fingerprint density at radius 3 is 2.19 bits per heavy atom. The minimum absolute atomic E-state index is 0.0119. The highest BCUT2D eigenvalue weighted by molar-refractivity contribution is 5.97. The van der Waals surface area contributed by atoms with Crippen molar-refractivity contribution in [2.75, 3.05) is 6.54 Å². The maximum absolute atomic E-state index is 12.2. The molecule has 1 fully saturated rings. The summed E-state index contributed by atoms with van der Waals surface area (Å²) < 4.78 is 0. The van der Waals surface area contributed by atoms with Gasteiger partial charge in [-0.25, -0.2) is 0 Å². The van der Waals surface area contributed by atoms with Crippen molar-refractivity contribution in [3.8, 4) is 0 Å². The van der Waals surface area contributed by atoms with Gasteiger partial charge in [0.25, 0.3) is 17.3 Å². The highest BCUT2D eigenvalue weighted by Gasteiger charge is 2.39. The van der Waals surface area contributed by atoms with Gasteiger partial charge in [-0.15, -0.1) is 0 Å². The summed E-state index contributed by atoms with van der Waals surface area (Å²) in [6, 6.07) is 3.14. The molecule has 21 heavy (non-hydrogen) atoms. The first-order chi connectivity index (χ1) is 9.79. The Kier molecular flexibility index (Phi) is 3.88. The van der Waals surface area contributed by atoms with Gasteiger partial charge in [-0.3, -0.25) is 25.0 Å². The van der Waals surface area contributed by atoms with Crippen LogP contribution in [0, 0.1) is 26.1 Å². The van der Waals surface area contributed by atoms with Gasteiger partial charge in [-0.2, -0.15) is 0 Å². The summed E-state index contributed by atoms with van der Waals surface area (Å²) in [4.78, 5) is 33.9. The van der Waals surface area contributed by atoms with E-state index in [4.69, 9.17) is 0 Å². The molecule has 1 aromatic rings. The average Bonchev–Trinajstić information content (AvgIpc) is 3.15. The van der Waals surface area contributed by atoms with Crippen molar-refractivity contribution in [2.24, 2.45) is 5.92 Å². The Bertz CT molecular complexity index is 582. The minimum Gasteiger partial charge on any atom is -0.332 e. The summed E-state index contributed by atoms with van der Waals surface area (Å²) >= 11 is 0. The van der Waals surface area contributed by atoms with Gasteiger partial charge in [0.15, 0.2) is 0 Å². The van der Waals surface area contributed by atoms with Gasteiger partial charge >= 0.3 is 0 Å². The molecule has 0 radical (unpaired) electrons. The normalized spacial score (nSPS) is 16.9. The standard InChI is InChI=1S/C13H15N3O5/c1-8(2)3-12-7-14(12)13(17)9-4-10(15(18)19)6-11(5-9)16(20)21/h4-6,8,12H,3,7H2,1-2H3/t12-,14?/m1/s1. The van der Waals surface area contributed by atoms with E-state index in [1.807, 2.05) is 13.8 Å². The molecule has 1 atom stereocenters. The van der Waals surface area contributed by atoms with Gasteiger partial charge in [0.2, 0.25) is 0 Å². The fraction of sp³-hybridized carbons (Fsp3) is 0.462. The number of amides is 1. The van der Waals surface area contributed by atoms with E-state index in [0.717, 1.165) is 24.6 Å². The third kappa shape index (κ3) is 3.33. The molecule has 0 aromatic heterocycles. The Hall–Kier alpha value is -2.51. The quantitative estimate of drug-likeness (QED) is 0.470. The van der Waals surface area contributed by atoms with Crippen LogP contribution in [-0.4, -0.2) is 33.2 Å². The molecule has 1 aliphatic rings. The largest absolute Gasteiger partial charge is 0.332 e. The first-order valence-corrected chi connectivity index (χ1v) is 6.54. The molecule has 0 spiro atoms. The fourth-order valence-electron chi connectivity index (χ4n) is 2.27. The first kappa shape index (κ1) is 14.9. The monoisotopic (exact) mass is 293 g/mol. The molecule has 112 valence electrons. The van der Waals surface area contributed by atoms with Crippen molar-refractivity contribution < 1.29 is 14.6 Å². The number of nitro groups is 2. The SMILES string of the molecule is CC(C)C[C@@H]1CN1C(=O)c1cc([N+](=O)[O-])cc([N+](=O)[O-])c1. The second-order valence-electron chi connectivity index (χ2n) is 5.49. The van der Waals surface area contributed by atoms with E-state index in [2.05, 4.69) is 0 Å². The van der Waals surface area contributed by atoms with E-state index in [0.29, 0.717) is 12.5 Å². The highest BCUT2D eigenvalue weighted by Crippen LogP contribution is 2.29. The molecular weight excluding hydrogens is 278 g/mol. The lowest BCUT2D eigenvalue weighted by Crippen LogP contribution is -2.15. The van der Waals surface area contributed by atoms with E-state index < -0.39 is 27.1 Å². The van der Waals surface area contributed by atoms with Crippen molar-refractivity contribution in [2.45, 2.75) is 26.3 Å². The molecule has 0 saturated carbocycles. The van der Waals surface area contributed by atoms with Crippen LogP contribution in [0.25, 0.3) is 0 Å². The van der Waals surface area contributed by atoms with Crippen LogP contribution in [0.2, 0.25) is 0 Å². The lowest BCUT2D eigenvalue weighted by Gasteiger charge is -2.06. The second-order valence-corrected chi connectivity index (χ2v) is 5.49.